The van der Waals surface area contributed by atoms with Crippen LogP contribution in [0.15, 0.2) is 115 Å². The zero-order valence-corrected chi connectivity index (χ0v) is 19.8. The number of primary amides is 1. The number of nitrogens with one attached hydrogen (secondary N) is 1. The lowest BCUT2D eigenvalue weighted by Gasteiger charge is -2.36. The Labute approximate surface area is 211 Å². The van der Waals surface area contributed by atoms with Gasteiger partial charge in [-0.05, 0) is 34.4 Å². The molecule has 0 unspecified atom stereocenters. The van der Waals surface area contributed by atoms with Crippen molar-refractivity contribution < 1.29 is 9.59 Å². The first-order valence-corrected chi connectivity index (χ1v) is 11.8. The van der Waals surface area contributed by atoms with Crippen LogP contribution in [-0.2, 0) is 21.4 Å². The Morgan fingerprint density at radius 2 is 1.19 bits per heavy atom. The quantitative estimate of drug-likeness (QED) is 0.351. The first-order valence-electron chi connectivity index (χ1n) is 11.8. The number of hydrogen-bond donors (Lipinski definition) is 2. The predicted octanol–water partition coefficient (Wildman–Crippen LogP) is 4.50. The van der Waals surface area contributed by atoms with Crippen molar-refractivity contribution in [2.75, 3.05) is 0 Å². The molecule has 3 N–H and O–H groups in total. The fourth-order valence-electron chi connectivity index (χ4n) is 4.63. The molecule has 0 aromatic heterocycles. The molecule has 36 heavy (non-hydrogen) atoms. The van der Waals surface area contributed by atoms with Gasteiger partial charge in [-0.3, -0.25) is 9.59 Å². The van der Waals surface area contributed by atoms with Crippen molar-refractivity contribution in [2.24, 2.45) is 5.73 Å². The van der Waals surface area contributed by atoms with E-state index in [1.165, 1.54) is 0 Å². The molecule has 5 heteroatoms. The standard InChI is InChI=1S/C31H27N3O2/c32-22-24-18-16-23(17-19-24)20-28(30(33)36)34-29(35)21-31(25-10-4-1-5-11-25,26-12-6-2-7-13-26)27-14-8-3-9-15-27/h1-19,28H,20-21H2,(H2,33,36)(H,34,35)/t28-/m1/s1. The highest BCUT2D eigenvalue weighted by Gasteiger charge is 2.39. The van der Waals surface area contributed by atoms with Crippen LogP contribution in [0.5, 0.6) is 0 Å². The minimum atomic E-state index is -0.884. The predicted molar refractivity (Wildman–Crippen MR) is 140 cm³/mol. The number of nitriles is 1. The fourth-order valence-corrected chi connectivity index (χ4v) is 4.63. The van der Waals surface area contributed by atoms with Crippen LogP contribution in [0.3, 0.4) is 0 Å². The minimum Gasteiger partial charge on any atom is -0.368 e. The second-order valence-electron chi connectivity index (χ2n) is 8.72. The van der Waals surface area contributed by atoms with E-state index in [4.69, 9.17) is 11.0 Å². The maximum absolute atomic E-state index is 13.6. The van der Waals surface area contributed by atoms with Crippen LogP contribution < -0.4 is 11.1 Å². The molecule has 0 aliphatic rings. The highest BCUT2D eigenvalue weighted by molar-refractivity contribution is 5.88. The van der Waals surface area contributed by atoms with E-state index in [0.29, 0.717) is 5.56 Å². The summed E-state index contributed by atoms with van der Waals surface area (Å²) in [6, 6.07) is 37.9. The van der Waals surface area contributed by atoms with E-state index in [1.807, 2.05) is 91.0 Å². The molecule has 5 nitrogen and oxygen atoms in total. The van der Waals surface area contributed by atoms with Gasteiger partial charge in [0.15, 0.2) is 0 Å². The zero-order chi connectivity index (χ0) is 25.4. The molecule has 0 saturated heterocycles. The monoisotopic (exact) mass is 473 g/mol. The molecule has 0 aliphatic carbocycles. The van der Waals surface area contributed by atoms with Crippen molar-refractivity contribution in [3.8, 4) is 6.07 Å². The van der Waals surface area contributed by atoms with Crippen LogP contribution in [0.25, 0.3) is 0 Å². The minimum absolute atomic E-state index is 0.0855. The molecule has 4 aromatic carbocycles. The van der Waals surface area contributed by atoms with E-state index < -0.39 is 17.4 Å². The van der Waals surface area contributed by atoms with Gasteiger partial charge in [-0.15, -0.1) is 0 Å². The topological polar surface area (TPSA) is 96.0 Å². The molecular formula is C31H27N3O2. The summed E-state index contributed by atoms with van der Waals surface area (Å²) in [6.45, 7) is 0. The Morgan fingerprint density at radius 1 is 0.750 bits per heavy atom. The summed E-state index contributed by atoms with van der Waals surface area (Å²) in [4.78, 5) is 25.9. The average molecular weight is 474 g/mol. The van der Waals surface area contributed by atoms with Gasteiger partial charge in [0.1, 0.15) is 6.04 Å². The lowest BCUT2D eigenvalue weighted by atomic mass is 9.67. The van der Waals surface area contributed by atoms with Crippen molar-refractivity contribution in [1.29, 1.82) is 5.26 Å². The second-order valence-corrected chi connectivity index (χ2v) is 8.72. The van der Waals surface area contributed by atoms with Crippen molar-refractivity contribution in [2.45, 2.75) is 24.3 Å². The fraction of sp³-hybridized carbons (Fsp3) is 0.129. The number of rotatable bonds is 9. The molecule has 0 heterocycles. The van der Waals surface area contributed by atoms with E-state index in [2.05, 4.69) is 11.4 Å². The number of hydrogen-bond acceptors (Lipinski definition) is 3. The van der Waals surface area contributed by atoms with Gasteiger partial charge in [0.25, 0.3) is 0 Å². The summed E-state index contributed by atoms with van der Waals surface area (Å²) in [5.41, 5.74) is 9.15. The van der Waals surface area contributed by atoms with E-state index in [-0.39, 0.29) is 18.7 Å². The van der Waals surface area contributed by atoms with Gasteiger partial charge in [-0.1, -0.05) is 103 Å². The van der Waals surface area contributed by atoms with Gasteiger partial charge < -0.3 is 11.1 Å². The Hall–Kier alpha value is -4.69. The van der Waals surface area contributed by atoms with E-state index in [1.54, 1.807) is 24.3 Å². The third-order valence-corrected chi connectivity index (χ3v) is 6.43. The molecule has 178 valence electrons. The third kappa shape index (κ3) is 5.34. The Balaban J connectivity index is 1.70. The van der Waals surface area contributed by atoms with Gasteiger partial charge in [-0.2, -0.15) is 5.26 Å². The Bertz CT molecular complexity index is 1250. The largest absolute Gasteiger partial charge is 0.368 e. The van der Waals surface area contributed by atoms with Gasteiger partial charge >= 0.3 is 0 Å². The van der Waals surface area contributed by atoms with Gasteiger partial charge in [0, 0.05) is 12.8 Å². The molecule has 0 fully saturated rings. The van der Waals surface area contributed by atoms with E-state index >= 15 is 0 Å². The van der Waals surface area contributed by atoms with Crippen LogP contribution in [0.4, 0.5) is 0 Å². The highest BCUT2D eigenvalue weighted by atomic mass is 16.2. The third-order valence-electron chi connectivity index (χ3n) is 6.43. The lowest BCUT2D eigenvalue weighted by molar-refractivity contribution is -0.127. The van der Waals surface area contributed by atoms with Gasteiger partial charge in [0.2, 0.25) is 11.8 Å². The Kier molecular flexibility index (Phi) is 7.57. The van der Waals surface area contributed by atoms with Crippen molar-refractivity contribution in [3.05, 3.63) is 143 Å². The normalized spacial score (nSPS) is 11.8. The first kappa shape index (κ1) is 24.4. The number of nitrogens with two attached hydrogens (primary N) is 1. The molecule has 0 spiro atoms. The summed E-state index contributed by atoms with van der Waals surface area (Å²) in [5.74, 6) is -0.901. The average Bonchev–Trinajstić information content (AvgIpc) is 2.93. The molecule has 1 atom stereocenters. The van der Waals surface area contributed by atoms with Crippen LogP contribution in [0, 0.1) is 11.3 Å². The molecular weight excluding hydrogens is 446 g/mol. The second kappa shape index (κ2) is 11.2. The molecule has 4 aromatic rings. The van der Waals surface area contributed by atoms with Crippen molar-refractivity contribution >= 4 is 11.8 Å². The zero-order valence-electron chi connectivity index (χ0n) is 19.8. The first-order chi connectivity index (χ1) is 17.5. The van der Waals surface area contributed by atoms with Crippen molar-refractivity contribution in [3.63, 3.8) is 0 Å². The number of benzene rings is 4. The van der Waals surface area contributed by atoms with Gasteiger partial charge in [-0.25, -0.2) is 0 Å². The van der Waals surface area contributed by atoms with Crippen LogP contribution >= 0.6 is 0 Å². The van der Waals surface area contributed by atoms with Crippen molar-refractivity contribution in [1.82, 2.24) is 5.32 Å². The maximum atomic E-state index is 13.6. The van der Waals surface area contributed by atoms with E-state index in [0.717, 1.165) is 22.3 Å². The molecule has 0 radical (unpaired) electrons. The smallest absolute Gasteiger partial charge is 0.240 e. The summed E-state index contributed by atoms with van der Waals surface area (Å²) < 4.78 is 0. The molecule has 4 rings (SSSR count). The molecule has 0 aliphatic heterocycles. The SMILES string of the molecule is N#Cc1ccc(C[C@@H](NC(=O)CC(c2ccccc2)(c2ccccc2)c2ccccc2)C(N)=O)cc1. The van der Waals surface area contributed by atoms with Crippen LogP contribution in [-0.4, -0.2) is 17.9 Å². The molecule has 0 saturated carbocycles. The number of amides is 2. The summed E-state index contributed by atoms with van der Waals surface area (Å²) in [5, 5.41) is 11.9. The molecule has 0 bridgehead atoms. The number of nitrogens with zero attached hydrogens (tertiary/aromatic N) is 1. The number of carbonyl (C=O) groups is 2. The summed E-state index contributed by atoms with van der Waals surface area (Å²) in [7, 11) is 0. The number of carbonyl (C=O) groups excluding carboxylic acids is 2. The molecule has 2 amide bonds. The summed E-state index contributed by atoms with van der Waals surface area (Å²) in [6.07, 6.45) is 0.323. The van der Waals surface area contributed by atoms with Gasteiger partial charge in [0.05, 0.1) is 17.0 Å². The maximum Gasteiger partial charge on any atom is 0.240 e. The lowest BCUT2D eigenvalue weighted by Crippen LogP contribution is -2.48. The Morgan fingerprint density at radius 3 is 1.58 bits per heavy atom. The van der Waals surface area contributed by atoms with Crippen LogP contribution in [0.1, 0.15) is 34.2 Å². The highest BCUT2D eigenvalue weighted by Crippen LogP contribution is 2.42. The summed E-state index contributed by atoms with van der Waals surface area (Å²) >= 11 is 0. The van der Waals surface area contributed by atoms with E-state index in [9.17, 15) is 9.59 Å². The van der Waals surface area contributed by atoms with Crippen LogP contribution in [0.2, 0.25) is 0 Å².